The lowest BCUT2D eigenvalue weighted by molar-refractivity contribution is -0.117. The van der Waals surface area contributed by atoms with Gasteiger partial charge in [-0.1, -0.05) is 48.0 Å². The quantitative estimate of drug-likeness (QED) is 0.511. The van der Waals surface area contributed by atoms with Gasteiger partial charge >= 0.3 is 5.97 Å². The van der Waals surface area contributed by atoms with Gasteiger partial charge in [-0.2, -0.15) is 4.72 Å². The molecule has 0 radical (unpaired) electrons. The third-order valence-corrected chi connectivity index (χ3v) is 6.29. The molecule has 0 bridgehead atoms. The van der Waals surface area contributed by atoms with Crippen LogP contribution in [-0.4, -0.2) is 33.4 Å². The molecule has 32 heavy (non-hydrogen) atoms. The summed E-state index contributed by atoms with van der Waals surface area (Å²) >= 11 is 0. The van der Waals surface area contributed by atoms with Crippen molar-refractivity contribution in [1.82, 2.24) is 4.72 Å². The highest BCUT2D eigenvalue weighted by Crippen LogP contribution is 2.15. The van der Waals surface area contributed by atoms with Crippen molar-refractivity contribution in [3.05, 3.63) is 95.6 Å². The van der Waals surface area contributed by atoms with Gasteiger partial charge in [-0.3, -0.25) is 4.79 Å². The molecule has 166 valence electrons. The van der Waals surface area contributed by atoms with Crippen molar-refractivity contribution in [2.24, 2.45) is 0 Å². The zero-order valence-corrected chi connectivity index (χ0v) is 18.6. The van der Waals surface area contributed by atoms with E-state index in [1.165, 1.54) is 31.4 Å². The maximum atomic E-state index is 13.0. The fourth-order valence-corrected chi connectivity index (χ4v) is 4.24. The van der Waals surface area contributed by atoms with Crippen LogP contribution in [0.2, 0.25) is 0 Å². The van der Waals surface area contributed by atoms with Crippen molar-refractivity contribution in [2.75, 3.05) is 12.4 Å². The van der Waals surface area contributed by atoms with Crippen molar-refractivity contribution < 1.29 is 22.7 Å². The first-order chi connectivity index (χ1) is 15.3. The molecule has 0 fully saturated rings. The summed E-state index contributed by atoms with van der Waals surface area (Å²) in [5, 5.41) is 2.71. The first kappa shape index (κ1) is 23.2. The zero-order valence-electron chi connectivity index (χ0n) is 17.7. The third-order valence-electron chi connectivity index (χ3n) is 4.80. The molecule has 8 heteroatoms. The summed E-state index contributed by atoms with van der Waals surface area (Å²) in [4.78, 5) is 24.7. The van der Waals surface area contributed by atoms with Crippen LogP contribution in [0, 0.1) is 6.92 Å². The predicted molar refractivity (Wildman–Crippen MR) is 122 cm³/mol. The SMILES string of the molecule is COC(=O)c1ccc(NC(=O)C(Cc2ccccc2)NS(=O)(=O)c2ccc(C)cc2)cc1. The van der Waals surface area contributed by atoms with E-state index in [0.717, 1.165) is 11.1 Å². The van der Waals surface area contributed by atoms with E-state index in [0.29, 0.717) is 11.3 Å². The number of sulfonamides is 1. The number of ether oxygens (including phenoxy) is 1. The van der Waals surface area contributed by atoms with Gasteiger partial charge in [-0.05, 0) is 55.3 Å². The van der Waals surface area contributed by atoms with E-state index in [-0.39, 0.29) is 11.3 Å². The fourth-order valence-electron chi connectivity index (χ4n) is 3.05. The van der Waals surface area contributed by atoms with E-state index >= 15 is 0 Å². The molecule has 1 unspecified atom stereocenters. The van der Waals surface area contributed by atoms with E-state index in [4.69, 9.17) is 0 Å². The number of amides is 1. The van der Waals surface area contributed by atoms with Gasteiger partial charge in [-0.25, -0.2) is 13.2 Å². The normalized spacial score (nSPS) is 12.1. The number of benzene rings is 3. The number of carbonyl (C=O) groups excluding carboxylic acids is 2. The molecule has 0 aliphatic carbocycles. The van der Waals surface area contributed by atoms with Crippen LogP contribution in [0.15, 0.2) is 83.8 Å². The van der Waals surface area contributed by atoms with Crippen LogP contribution in [0.25, 0.3) is 0 Å². The highest BCUT2D eigenvalue weighted by molar-refractivity contribution is 7.89. The molecular formula is C24H24N2O5S. The van der Waals surface area contributed by atoms with Gasteiger partial charge in [0.05, 0.1) is 17.6 Å². The van der Waals surface area contributed by atoms with Gasteiger partial charge in [0.1, 0.15) is 6.04 Å². The number of aryl methyl sites for hydroxylation is 1. The van der Waals surface area contributed by atoms with E-state index < -0.39 is 27.9 Å². The second-order valence-corrected chi connectivity index (χ2v) is 8.95. The first-order valence-corrected chi connectivity index (χ1v) is 11.4. The number of carbonyl (C=O) groups is 2. The molecule has 1 amide bonds. The summed E-state index contributed by atoms with van der Waals surface area (Å²) in [6.07, 6.45) is 0.165. The van der Waals surface area contributed by atoms with Crippen molar-refractivity contribution in [2.45, 2.75) is 24.3 Å². The van der Waals surface area contributed by atoms with Crippen LogP contribution in [0.4, 0.5) is 5.69 Å². The van der Waals surface area contributed by atoms with Crippen molar-refractivity contribution in [3.8, 4) is 0 Å². The molecule has 2 N–H and O–H groups in total. The average Bonchev–Trinajstić information content (AvgIpc) is 2.79. The molecule has 7 nitrogen and oxygen atoms in total. The second-order valence-electron chi connectivity index (χ2n) is 7.23. The smallest absolute Gasteiger partial charge is 0.337 e. The molecule has 0 aromatic heterocycles. The molecule has 0 saturated carbocycles. The Morgan fingerprint density at radius 2 is 1.53 bits per heavy atom. The number of esters is 1. The van der Waals surface area contributed by atoms with Gasteiger partial charge < -0.3 is 10.1 Å². The maximum absolute atomic E-state index is 13.0. The summed E-state index contributed by atoms with van der Waals surface area (Å²) in [5.74, 6) is -1.01. The van der Waals surface area contributed by atoms with Gasteiger partial charge in [0.2, 0.25) is 15.9 Å². The van der Waals surface area contributed by atoms with Crippen molar-refractivity contribution >= 4 is 27.6 Å². The summed E-state index contributed by atoms with van der Waals surface area (Å²) in [7, 11) is -2.64. The van der Waals surface area contributed by atoms with Gasteiger partial charge in [0.25, 0.3) is 0 Å². The van der Waals surface area contributed by atoms with Crippen molar-refractivity contribution in [1.29, 1.82) is 0 Å². The number of hydrogen-bond donors (Lipinski definition) is 2. The summed E-state index contributed by atoms with van der Waals surface area (Å²) in [6, 6.07) is 20.6. The molecule has 0 heterocycles. The topological polar surface area (TPSA) is 102 Å². The highest BCUT2D eigenvalue weighted by Gasteiger charge is 2.26. The lowest BCUT2D eigenvalue weighted by Crippen LogP contribution is -2.45. The third kappa shape index (κ3) is 6.03. The van der Waals surface area contributed by atoms with Gasteiger partial charge in [0, 0.05) is 5.69 Å². The Morgan fingerprint density at radius 3 is 2.12 bits per heavy atom. The lowest BCUT2D eigenvalue weighted by Gasteiger charge is -2.19. The predicted octanol–water partition coefficient (Wildman–Crippen LogP) is 3.31. The van der Waals surface area contributed by atoms with E-state index in [1.807, 2.05) is 37.3 Å². The average molecular weight is 453 g/mol. The minimum absolute atomic E-state index is 0.0800. The number of anilines is 1. The minimum atomic E-state index is -3.93. The van der Waals surface area contributed by atoms with Crippen LogP contribution in [0.5, 0.6) is 0 Å². The molecular weight excluding hydrogens is 428 g/mol. The number of methoxy groups -OCH3 is 1. The Morgan fingerprint density at radius 1 is 0.906 bits per heavy atom. The number of hydrogen-bond acceptors (Lipinski definition) is 5. The Balaban J connectivity index is 1.82. The first-order valence-electron chi connectivity index (χ1n) is 9.90. The highest BCUT2D eigenvalue weighted by atomic mass is 32.2. The number of rotatable bonds is 8. The Kier molecular flexibility index (Phi) is 7.40. The molecule has 3 rings (SSSR count). The molecule has 3 aromatic carbocycles. The van der Waals surface area contributed by atoms with Crippen LogP contribution < -0.4 is 10.0 Å². The van der Waals surface area contributed by atoms with Gasteiger partial charge in [-0.15, -0.1) is 0 Å². The minimum Gasteiger partial charge on any atom is -0.465 e. The molecule has 3 aromatic rings. The van der Waals surface area contributed by atoms with Crippen molar-refractivity contribution in [3.63, 3.8) is 0 Å². The van der Waals surface area contributed by atoms with E-state index in [1.54, 1.807) is 24.3 Å². The monoisotopic (exact) mass is 452 g/mol. The van der Waals surface area contributed by atoms with Crippen LogP contribution in [-0.2, 0) is 26.0 Å². The van der Waals surface area contributed by atoms with Gasteiger partial charge in [0.15, 0.2) is 0 Å². The molecule has 1 atom stereocenters. The molecule has 0 aliphatic heterocycles. The Labute approximate surface area is 187 Å². The largest absolute Gasteiger partial charge is 0.465 e. The molecule has 0 saturated heterocycles. The fraction of sp³-hybridized carbons (Fsp3) is 0.167. The molecule has 0 aliphatic rings. The zero-order chi connectivity index (χ0) is 23.1. The Bertz CT molecular complexity index is 1180. The lowest BCUT2D eigenvalue weighted by atomic mass is 10.1. The van der Waals surface area contributed by atoms with E-state index in [9.17, 15) is 18.0 Å². The van der Waals surface area contributed by atoms with E-state index in [2.05, 4.69) is 14.8 Å². The molecule has 0 spiro atoms. The summed E-state index contributed by atoms with van der Waals surface area (Å²) in [6.45, 7) is 1.86. The number of nitrogens with one attached hydrogen (secondary N) is 2. The Hall–Kier alpha value is -3.49. The maximum Gasteiger partial charge on any atom is 0.337 e. The van der Waals surface area contributed by atoms with Crippen LogP contribution in [0.3, 0.4) is 0 Å². The summed E-state index contributed by atoms with van der Waals surface area (Å²) in [5.41, 5.74) is 2.50. The van der Waals surface area contributed by atoms with Crippen LogP contribution in [0.1, 0.15) is 21.5 Å². The second kappa shape index (κ2) is 10.2. The standard InChI is InChI=1S/C24H24N2O5S/c1-17-8-14-21(15-9-17)32(29,30)26-22(16-18-6-4-3-5-7-18)23(27)25-20-12-10-19(11-13-20)24(28)31-2/h3-15,22,26H,16H2,1-2H3,(H,25,27). The van der Waals surface area contributed by atoms with Crippen LogP contribution >= 0.6 is 0 Å². The summed E-state index contributed by atoms with van der Waals surface area (Å²) < 4.78 is 33.0.